The molecule has 0 bridgehead atoms. The highest BCUT2D eigenvalue weighted by molar-refractivity contribution is 5.95. The number of hydrogen-bond acceptors (Lipinski definition) is 2. The van der Waals surface area contributed by atoms with Crippen molar-refractivity contribution in [3.05, 3.63) is 52.8 Å². The summed E-state index contributed by atoms with van der Waals surface area (Å²) in [6, 6.07) is 7.45. The molecule has 1 N–H and O–H groups in total. The van der Waals surface area contributed by atoms with Gasteiger partial charge in [0.25, 0.3) is 5.91 Å². The number of aryl methyl sites for hydroxylation is 1. The Morgan fingerprint density at radius 1 is 1.32 bits per heavy atom. The molecular formula is C18H20F3N3O. The van der Waals surface area contributed by atoms with Gasteiger partial charge in [0, 0.05) is 13.2 Å². The van der Waals surface area contributed by atoms with Crippen molar-refractivity contribution >= 4 is 5.91 Å². The predicted molar refractivity (Wildman–Crippen MR) is 87.1 cm³/mol. The third-order valence-electron chi connectivity index (χ3n) is 4.77. The number of amides is 1. The highest BCUT2D eigenvalue weighted by Gasteiger charge is 2.40. The summed E-state index contributed by atoms with van der Waals surface area (Å²) in [5.41, 5.74) is 0.455. The summed E-state index contributed by atoms with van der Waals surface area (Å²) in [7, 11) is 1.37. The third kappa shape index (κ3) is 3.27. The van der Waals surface area contributed by atoms with E-state index < -0.39 is 23.3 Å². The van der Waals surface area contributed by atoms with Gasteiger partial charge in [-0.15, -0.1) is 0 Å². The van der Waals surface area contributed by atoms with E-state index >= 15 is 0 Å². The highest BCUT2D eigenvalue weighted by atomic mass is 19.4. The number of carbonyl (C=O) groups is 1. The van der Waals surface area contributed by atoms with Gasteiger partial charge in [0.2, 0.25) is 0 Å². The van der Waals surface area contributed by atoms with E-state index in [0.717, 1.165) is 28.4 Å². The monoisotopic (exact) mass is 351 g/mol. The van der Waals surface area contributed by atoms with Gasteiger partial charge in [0.15, 0.2) is 5.69 Å². The van der Waals surface area contributed by atoms with Crippen LogP contribution in [-0.2, 0) is 18.6 Å². The summed E-state index contributed by atoms with van der Waals surface area (Å²) in [6.45, 7) is 4.26. The number of aromatic nitrogens is 2. The zero-order chi connectivity index (χ0) is 18.4. The van der Waals surface area contributed by atoms with Gasteiger partial charge in [-0.2, -0.15) is 18.3 Å². The molecule has 0 spiro atoms. The first-order valence-corrected chi connectivity index (χ1v) is 8.11. The number of rotatable bonds is 2. The number of hydrogen-bond donors (Lipinski definition) is 1. The maximum absolute atomic E-state index is 13.1. The SMILES string of the molecule is Cn1cc(C(=O)NC2CCC(C)(C)c3ccccc32)c(C(F)(F)F)n1. The molecule has 1 heterocycles. The molecular weight excluding hydrogens is 331 g/mol. The molecule has 1 atom stereocenters. The zero-order valence-electron chi connectivity index (χ0n) is 14.3. The Balaban J connectivity index is 1.91. The van der Waals surface area contributed by atoms with Crippen LogP contribution in [0.2, 0.25) is 0 Å². The van der Waals surface area contributed by atoms with Gasteiger partial charge in [0.1, 0.15) is 0 Å². The molecule has 1 amide bonds. The number of benzene rings is 1. The molecule has 2 aromatic rings. The van der Waals surface area contributed by atoms with Crippen LogP contribution in [0, 0.1) is 0 Å². The first-order valence-electron chi connectivity index (χ1n) is 8.11. The second kappa shape index (κ2) is 5.89. The molecule has 7 heteroatoms. The Bertz CT molecular complexity index is 808. The van der Waals surface area contributed by atoms with Crippen molar-refractivity contribution in [3.63, 3.8) is 0 Å². The van der Waals surface area contributed by atoms with Crippen molar-refractivity contribution in [2.45, 2.75) is 44.3 Å². The molecule has 0 saturated heterocycles. The normalized spacial score (nSPS) is 19.4. The first kappa shape index (κ1) is 17.5. The molecule has 1 aromatic carbocycles. The maximum atomic E-state index is 13.1. The van der Waals surface area contributed by atoms with Crippen molar-refractivity contribution in [2.24, 2.45) is 7.05 Å². The Morgan fingerprint density at radius 3 is 2.68 bits per heavy atom. The minimum Gasteiger partial charge on any atom is -0.345 e. The molecule has 1 aromatic heterocycles. The van der Waals surface area contributed by atoms with E-state index in [-0.39, 0.29) is 11.5 Å². The largest absolute Gasteiger partial charge is 0.435 e. The number of fused-ring (bicyclic) bond motifs is 1. The summed E-state index contributed by atoms with van der Waals surface area (Å²) in [6.07, 6.45) is -2.04. The Morgan fingerprint density at radius 2 is 2.00 bits per heavy atom. The summed E-state index contributed by atoms with van der Waals surface area (Å²) in [4.78, 5) is 12.5. The molecule has 0 saturated carbocycles. The lowest BCUT2D eigenvalue weighted by molar-refractivity contribution is -0.141. The number of nitrogens with zero attached hydrogens (tertiary/aromatic N) is 2. The molecule has 1 aliphatic carbocycles. The highest BCUT2D eigenvalue weighted by Crippen LogP contribution is 2.41. The quantitative estimate of drug-likeness (QED) is 0.890. The smallest absolute Gasteiger partial charge is 0.345 e. The molecule has 0 radical (unpaired) electrons. The third-order valence-corrected chi connectivity index (χ3v) is 4.77. The zero-order valence-corrected chi connectivity index (χ0v) is 14.3. The van der Waals surface area contributed by atoms with Gasteiger partial charge in [-0.05, 0) is 29.4 Å². The van der Waals surface area contributed by atoms with Crippen LogP contribution in [0.15, 0.2) is 30.5 Å². The van der Waals surface area contributed by atoms with E-state index in [1.165, 1.54) is 7.05 Å². The van der Waals surface area contributed by atoms with E-state index in [2.05, 4.69) is 24.3 Å². The van der Waals surface area contributed by atoms with Crippen molar-refractivity contribution in [1.82, 2.24) is 15.1 Å². The van der Waals surface area contributed by atoms with E-state index in [0.29, 0.717) is 6.42 Å². The maximum Gasteiger partial charge on any atom is 0.435 e. The Kier molecular flexibility index (Phi) is 4.13. The van der Waals surface area contributed by atoms with Crippen molar-refractivity contribution in [3.8, 4) is 0 Å². The lowest BCUT2D eigenvalue weighted by Crippen LogP contribution is -2.36. The number of alkyl halides is 3. The second-order valence-electron chi connectivity index (χ2n) is 7.10. The van der Waals surface area contributed by atoms with Crippen molar-refractivity contribution < 1.29 is 18.0 Å². The average Bonchev–Trinajstić information content (AvgIpc) is 2.93. The molecule has 0 aliphatic heterocycles. The summed E-state index contributed by atoms with van der Waals surface area (Å²) in [5, 5.41) is 6.16. The van der Waals surface area contributed by atoms with Gasteiger partial charge in [-0.1, -0.05) is 38.1 Å². The van der Waals surface area contributed by atoms with Gasteiger partial charge in [0.05, 0.1) is 11.6 Å². The van der Waals surface area contributed by atoms with Crippen molar-refractivity contribution in [1.29, 1.82) is 0 Å². The van der Waals surface area contributed by atoms with E-state index in [4.69, 9.17) is 0 Å². The Hall–Kier alpha value is -2.31. The molecule has 1 unspecified atom stereocenters. The molecule has 25 heavy (non-hydrogen) atoms. The van der Waals surface area contributed by atoms with Crippen LogP contribution in [0.25, 0.3) is 0 Å². The van der Waals surface area contributed by atoms with Crippen molar-refractivity contribution in [2.75, 3.05) is 0 Å². The molecule has 3 rings (SSSR count). The molecule has 4 nitrogen and oxygen atoms in total. The molecule has 1 aliphatic rings. The van der Waals surface area contributed by atoms with Crippen LogP contribution in [0.3, 0.4) is 0 Å². The number of halogens is 3. The van der Waals surface area contributed by atoms with Gasteiger partial charge in [-0.3, -0.25) is 9.48 Å². The van der Waals surface area contributed by atoms with E-state index in [9.17, 15) is 18.0 Å². The lowest BCUT2D eigenvalue weighted by atomic mass is 9.71. The minimum atomic E-state index is -4.67. The van der Waals surface area contributed by atoms with Crippen LogP contribution in [0.4, 0.5) is 13.2 Å². The second-order valence-corrected chi connectivity index (χ2v) is 7.10. The minimum absolute atomic E-state index is 0.0246. The van der Waals surface area contributed by atoms with Crippen LogP contribution in [-0.4, -0.2) is 15.7 Å². The fourth-order valence-electron chi connectivity index (χ4n) is 3.46. The number of nitrogens with one attached hydrogen (secondary N) is 1. The van der Waals surface area contributed by atoms with Gasteiger partial charge < -0.3 is 5.32 Å². The summed E-state index contributed by atoms with van der Waals surface area (Å²) < 4.78 is 40.3. The van der Waals surface area contributed by atoms with E-state index in [1.807, 2.05) is 24.3 Å². The van der Waals surface area contributed by atoms with Crippen LogP contribution >= 0.6 is 0 Å². The van der Waals surface area contributed by atoms with Gasteiger partial charge >= 0.3 is 6.18 Å². The molecule has 0 fully saturated rings. The predicted octanol–water partition coefficient (Wildman–Crippen LogP) is 3.98. The topological polar surface area (TPSA) is 46.9 Å². The van der Waals surface area contributed by atoms with Crippen LogP contribution in [0.1, 0.15) is 59.9 Å². The average molecular weight is 351 g/mol. The van der Waals surface area contributed by atoms with E-state index in [1.54, 1.807) is 0 Å². The first-order chi connectivity index (χ1) is 11.6. The molecule has 134 valence electrons. The Labute approximate surface area is 144 Å². The van der Waals surface area contributed by atoms with Gasteiger partial charge in [-0.25, -0.2) is 0 Å². The standard InChI is InChI=1S/C18H20F3N3O/c1-17(2)9-8-14(11-6-4-5-7-13(11)17)22-16(25)12-10-24(3)23-15(12)18(19,20)21/h4-7,10,14H,8-9H2,1-3H3,(H,22,25). The summed E-state index contributed by atoms with van der Waals surface area (Å²) in [5.74, 6) is -0.750. The fraction of sp³-hybridized carbons (Fsp3) is 0.444. The van der Waals surface area contributed by atoms with Crippen LogP contribution in [0.5, 0.6) is 0 Å². The lowest BCUT2D eigenvalue weighted by Gasteiger charge is -2.37. The summed E-state index contributed by atoms with van der Waals surface area (Å²) >= 11 is 0. The van der Waals surface area contributed by atoms with Crippen LogP contribution < -0.4 is 5.32 Å². The fourth-order valence-corrected chi connectivity index (χ4v) is 3.46. The number of carbonyl (C=O) groups excluding carboxylic acids is 1.